The summed E-state index contributed by atoms with van der Waals surface area (Å²) in [5.41, 5.74) is 1.38. The molecule has 4 heteroatoms. The summed E-state index contributed by atoms with van der Waals surface area (Å²) in [5.74, 6) is 3.92. The van der Waals surface area contributed by atoms with Crippen molar-refractivity contribution in [2.45, 2.75) is 82.6 Å². The molecule has 1 aromatic rings. The molecule has 0 aromatic heterocycles. The number of amides is 1. The van der Waals surface area contributed by atoms with Crippen molar-refractivity contribution in [3.05, 3.63) is 29.8 Å². The van der Waals surface area contributed by atoms with Gasteiger partial charge >= 0.3 is 0 Å². The molecule has 0 spiro atoms. The van der Waals surface area contributed by atoms with E-state index in [0.717, 1.165) is 43.5 Å². The second-order valence-corrected chi connectivity index (χ2v) is 9.90. The topological polar surface area (TPSA) is 50.4 Å². The number of carbonyl (C=O) groups is 1. The third-order valence-electron chi connectivity index (χ3n) is 7.77. The Labute approximate surface area is 182 Å². The molecule has 3 aliphatic carbocycles. The van der Waals surface area contributed by atoms with Gasteiger partial charge in [0.25, 0.3) is 0 Å². The summed E-state index contributed by atoms with van der Waals surface area (Å²) in [6.07, 6.45) is 13.4. The smallest absolute Gasteiger partial charge is 0.223 e. The highest BCUT2D eigenvalue weighted by molar-refractivity contribution is 5.79. The van der Waals surface area contributed by atoms with Gasteiger partial charge in [-0.1, -0.05) is 37.5 Å². The molecule has 2 N–H and O–H groups in total. The molecule has 30 heavy (non-hydrogen) atoms. The highest BCUT2D eigenvalue weighted by Gasteiger charge is 2.39. The molecule has 2 atom stereocenters. The molecule has 3 saturated carbocycles. The number of carbonyl (C=O) groups excluding carboxylic acids is 1. The monoisotopic (exact) mass is 412 g/mol. The summed E-state index contributed by atoms with van der Waals surface area (Å²) < 4.78 is 5.52. The van der Waals surface area contributed by atoms with Crippen LogP contribution in [0.25, 0.3) is 0 Å². The summed E-state index contributed by atoms with van der Waals surface area (Å²) in [6, 6.07) is 8.89. The average Bonchev–Trinajstić information content (AvgIpc) is 3.57. The van der Waals surface area contributed by atoms with Crippen LogP contribution in [0.1, 0.15) is 82.1 Å². The first kappa shape index (κ1) is 21.7. The Balaban J connectivity index is 1.08. The molecule has 2 unspecified atom stereocenters. The quantitative estimate of drug-likeness (QED) is 0.559. The number of nitrogens with one attached hydrogen (secondary N) is 2. The van der Waals surface area contributed by atoms with Gasteiger partial charge in [-0.3, -0.25) is 4.79 Å². The fourth-order valence-electron chi connectivity index (χ4n) is 5.70. The fourth-order valence-corrected chi connectivity index (χ4v) is 5.70. The van der Waals surface area contributed by atoms with Crippen LogP contribution in [0.4, 0.5) is 0 Å². The lowest BCUT2D eigenvalue weighted by Gasteiger charge is -2.31. The number of hydrogen-bond donors (Lipinski definition) is 2. The molecular weight excluding hydrogens is 372 g/mol. The van der Waals surface area contributed by atoms with E-state index < -0.39 is 0 Å². The van der Waals surface area contributed by atoms with Crippen LogP contribution < -0.4 is 15.4 Å². The first-order valence-corrected chi connectivity index (χ1v) is 12.4. The van der Waals surface area contributed by atoms with Crippen LogP contribution >= 0.6 is 0 Å². The normalized spacial score (nSPS) is 29.4. The number of methoxy groups -OCH3 is 1. The lowest BCUT2D eigenvalue weighted by atomic mass is 9.83. The molecule has 4 rings (SSSR count). The Bertz CT molecular complexity index is 677. The van der Waals surface area contributed by atoms with E-state index in [0.29, 0.717) is 23.8 Å². The van der Waals surface area contributed by atoms with Crippen LogP contribution in [0.15, 0.2) is 24.3 Å². The molecule has 0 bridgehead atoms. The zero-order valence-corrected chi connectivity index (χ0v) is 18.7. The van der Waals surface area contributed by atoms with Crippen LogP contribution in [0.3, 0.4) is 0 Å². The van der Waals surface area contributed by atoms with Gasteiger partial charge in [0.2, 0.25) is 5.91 Å². The number of para-hydroxylation sites is 1. The van der Waals surface area contributed by atoms with Crippen molar-refractivity contribution in [1.29, 1.82) is 0 Å². The molecule has 0 aliphatic heterocycles. The summed E-state index contributed by atoms with van der Waals surface area (Å²) in [4.78, 5) is 12.5. The van der Waals surface area contributed by atoms with Crippen molar-refractivity contribution in [3.63, 3.8) is 0 Å². The van der Waals surface area contributed by atoms with Crippen LogP contribution in [0.5, 0.6) is 5.75 Å². The number of benzene rings is 1. The highest BCUT2D eigenvalue weighted by Crippen LogP contribution is 2.49. The average molecular weight is 413 g/mol. The van der Waals surface area contributed by atoms with E-state index in [1.807, 2.05) is 6.07 Å². The van der Waals surface area contributed by atoms with E-state index in [9.17, 15) is 4.79 Å². The van der Waals surface area contributed by atoms with Gasteiger partial charge in [0.1, 0.15) is 5.75 Å². The van der Waals surface area contributed by atoms with Gasteiger partial charge in [-0.15, -0.1) is 0 Å². The number of hydrogen-bond acceptors (Lipinski definition) is 3. The molecular formula is C26H40N2O2. The van der Waals surface area contributed by atoms with Gasteiger partial charge in [0, 0.05) is 12.0 Å². The minimum absolute atomic E-state index is 0.294. The maximum atomic E-state index is 12.5. The molecule has 3 fully saturated rings. The van der Waals surface area contributed by atoms with E-state index in [1.165, 1.54) is 63.4 Å². The predicted molar refractivity (Wildman–Crippen MR) is 122 cm³/mol. The molecule has 4 nitrogen and oxygen atoms in total. The zero-order chi connectivity index (χ0) is 20.8. The second kappa shape index (κ2) is 10.7. The van der Waals surface area contributed by atoms with Gasteiger partial charge in [-0.2, -0.15) is 0 Å². The Morgan fingerprint density at radius 3 is 2.57 bits per heavy atom. The highest BCUT2D eigenvalue weighted by atomic mass is 16.5. The maximum absolute atomic E-state index is 12.5. The first-order chi connectivity index (χ1) is 14.7. The number of rotatable bonds is 9. The third kappa shape index (κ3) is 5.78. The van der Waals surface area contributed by atoms with Crippen molar-refractivity contribution in [1.82, 2.24) is 10.6 Å². The molecule has 0 saturated heterocycles. The van der Waals surface area contributed by atoms with Gasteiger partial charge in [0.15, 0.2) is 0 Å². The van der Waals surface area contributed by atoms with Crippen molar-refractivity contribution in [3.8, 4) is 5.75 Å². The molecule has 3 aliphatic rings. The van der Waals surface area contributed by atoms with E-state index in [1.54, 1.807) is 7.11 Å². The summed E-state index contributed by atoms with van der Waals surface area (Å²) in [6.45, 7) is 2.24. The Hall–Kier alpha value is -1.55. The van der Waals surface area contributed by atoms with E-state index in [4.69, 9.17) is 4.74 Å². The van der Waals surface area contributed by atoms with Gasteiger partial charge in [0.05, 0.1) is 7.11 Å². The SMILES string of the molecule is COc1ccccc1C1CC1CNCCC1CCC(NC(=O)C2CCCCC2)CC1. The van der Waals surface area contributed by atoms with Crippen LogP contribution in [-0.4, -0.2) is 32.1 Å². The van der Waals surface area contributed by atoms with E-state index in [2.05, 4.69) is 28.8 Å². The van der Waals surface area contributed by atoms with Crippen molar-refractivity contribution in [2.75, 3.05) is 20.2 Å². The summed E-state index contributed by atoms with van der Waals surface area (Å²) >= 11 is 0. The minimum atomic E-state index is 0.294. The molecule has 0 radical (unpaired) electrons. The standard InChI is InChI=1S/C26H40N2O2/c1-30-25-10-6-5-9-23(25)24-17-21(24)18-27-16-15-19-11-13-22(14-12-19)28-26(29)20-7-3-2-4-8-20/h5-6,9-10,19-22,24,27H,2-4,7-8,11-18H2,1H3,(H,28,29). The lowest BCUT2D eigenvalue weighted by molar-refractivity contribution is -0.126. The maximum Gasteiger partial charge on any atom is 0.223 e. The summed E-state index contributed by atoms with van der Waals surface area (Å²) in [5, 5.41) is 7.07. The van der Waals surface area contributed by atoms with Crippen LogP contribution in [0, 0.1) is 17.8 Å². The van der Waals surface area contributed by atoms with E-state index in [-0.39, 0.29) is 0 Å². The summed E-state index contributed by atoms with van der Waals surface area (Å²) in [7, 11) is 1.77. The van der Waals surface area contributed by atoms with Crippen molar-refractivity contribution < 1.29 is 9.53 Å². The molecule has 1 aromatic carbocycles. The number of ether oxygens (including phenoxy) is 1. The predicted octanol–water partition coefficient (Wildman–Crippen LogP) is 5.03. The van der Waals surface area contributed by atoms with Gasteiger partial charge in [-0.05, 0) is 93.8 Å². The van der Waals surface area contributed by atoms with Crippen LogP contribution in [0.2, 0.25) is 0 Å². The first-order valence-electron chi connectivity index (χ1n) is 12.4. The molecule has 166 valence electrons. The van der Waals surface area contributed by atoms with Crippen LogP contribution in [-0.2, 0) is 4.79 Å². The molecule has 1 amide bonds. The van der Waals surface area contributed by atoms with Crippen molar-refractivity contribution >= 4 is 5.91 Å². The minimum Gasteiger partial charge on any atom is -0.496 e. The van der Waals surface area contributed by atoms with Gasteiger partial charge < -0.3 is 15.4 Å². The van der Waals surface area contributed by atoms with E-state index >= 15 is 0 Å². The second-order valence-electron chi connectivity index (χ2n) is 9.90. The largest absolute Gasteiger partial charge is 0.496 e. The van der Waals surface area contributed by atoms with Gasteiger partial charge in [-0.25, -0.2) is 0 Å². The van der Waals surface area contributed by atoms with Crippen molar-refractivity contribution in [2.24, 2.45) is 17.8 Å². The third-order valence-corrected chi connectivity index (χ3v) is 7.77. The Morgan fingerprint density at radius 1 is 1.03 bits per heavy atom. The Morgan fingerprint density at radius 2 is 1.80 bits per heavy atom. The molecule has 0 heterocycles. The fraction of sp³-hybridized carbons (Fsp3) is 0.731. The Kier molecular flexibility index (Phi) is 7.70. The lowest BCUT2D eigenvalue weighted by Crippen LogP contribution is -2.41. The zero-order valence-electron chi connectivity index (χ0n) is 18.7.